The molecule has 0 aliphatic heterocycles. The second-order valence-electron chi connectivity index (χ2n) is 5.22. The van der Waals surface area contributed by atoms with Crippen molar-refractivity contribution in [3.05, 3.63) is 18.3 Å². The van der Waals surface area contributed by atoms with Gasteiger partial charge in [-0.05, 0) is 37.7 Å². The zero-order valence-electron chi connectivity index (χ0n) is 11.2. The second-order valence-corrected chi connectivity index (χ2v) is 5.22. The van der Waals surface area contributed by atoms with Crippen LogP contribution in [0, 0.1) is 5.92 Å². The smallest absolute Gasteiger partial charge is 0.141 e. The van der Waals surface area contributed by atoms with E-state index in [1.54, 1.807) is 6.20 Å². The van der Waals surface area contributed by atoms with Gasteiger partial charge in [0.25, 0.3) is 0 Å². The molecule has 2 rings (SSSR count). The van der Waals surface area contributed by atoms with Gasteiger partial charge in [-0.15, -0.1) is 0 Å². The number of hydrogen-bond donors (Lipinski definition) is 3. The fraction of sp³-hybridized carbons (Fsp3) is 0.643. The van der Waals surface area contributed by atoms with Gasteiger partial charge < -0.3 is 10.7 Å². The fourth-order valence-corrected chi connectivity index (χ4v) is 2.84. The monoisotopic (exact) mass is 248 g/mol. The lowest BCUT2D eigenvalue weighted by Gasteiger charge is -2.29. The molecule has 100 valence electrons. The molecule has 0 atom stereocenters. The summed E-state index contributed by atoms with van der Waals surface area (Å²) in [4.78, 5) is 4.11. The average Bonchev–Trinajstić information content (AvgIpc) is 2.42. The molecule has 18 heavy (non-hydrogen) atoms. The lowest BCUT2D eigenvalue weighted by Crippen LogP contribution is -2.26. The zero-order valence-corrected chi connectivity index (χ0v) is 11.2. The summed E-state index contributed by atoms with van der Waals surface area (Å²) < 4.78 is 0. The van der Waals surface area contributed by atoms with Crippen molar-refractivity contribution >= 4 is 11.5 Å². The van der Waals surface area contributed by atoms with Crippen molar-refractivity contribution in [3.63, 3.8) is 0 Å². The quantitative estimate of drug-likeness (QED) is 0.553. The molecule has 0 spiro atoms. The lowest BCUT2D eigenvalue weighted by molar-refractivity contribution is 0.319. The number of hydrazine groups is 1. The summed E-state index contributed by atoms with van der Waals surface area (Å²) in [5.41, 5.74) is 3.69. The third kappa shape index (κ3) is 3.60. The maximum atomic E-state index is 5.36. The molecule has 1 aliphatic rings. The summed E-state index contributed by atoms with van der Waals surface area (Å²) >= 11 is 0. The molecule has 0 aromatic carbocycles. The van der Waals surface area contributed by atoms with Crippen molar-refractivity contribution in [2.24, 2.45) is 11.8 Å². The second kappa shape index (κ2) is 6.59. The van der Waals surface area contributed by atoms with E-state index in [1.807, 2.05) is 12.1 Å². The van der Waals surface area contributed by atoms with Crippen LogP contribution in [0.25, 0.3) is 0 Å². The van der Waals surface area contributed by atoms with Crippen molar-refractivity contribution in [1.29, 1.82) is 0 Å². The predicted molar refractivity (Wildman–Crippen MR) is 76.3 cm³/mol. The molecule has 1 aromatic rings. The van der Waals surface area contributed by atoms with Crippen LogP contribution < -0.4 is 16.6 Å². The molecule has 0 unspecified atom stereocenters. The first-order chi connectivity index (χ1) is 8.81. The van der Waals surface area contributed by atoms with Gasteiger partial charge in [0, 0.05) is 24.0 Å². The SMILES string of the molecule is CCCC1CCC(Nc2ccnc(NN)c2)CC1. The molecule has 0 radical (unpaired) electrons. The van der Waals surface area contributed by atoms with E-state index in [-0.39, 0.29) is 0 Å². The van der Waals surface area contributed by atoms with E-state index in [2.05, 4.69) is 22.7 Å². The Morgan fingerprint density at radius 1 is 1.33 bits per heavy atom. The first-order valence-electron chi connectivity index (χ1n) is 7.01. The van der Waals surface area contributed by atoms with Crippen LogP contribution in [0.2, 0.25) is 0 Å². The molecule has 0 saturated heterocycles. The molecule has 0 bridgehead atoms. The highest BCUT2D eigenvalue weighted by atomic mass is 15.2. The van der Waals surface area contributed by atoms with E-state index in [9.17, 15) is 0 Å². The van der Waals surface area contributed by atoms with Crippen molar-refractivity contribution in [3.8, 4) is 0 Å². The third-order valence-corrected chi connectivity index (χ3v) is 3.82. The average molecular weight is 248 g/mol. The summed E-state index contributed by atoms with van der Waals surface area (Å²) in [6.07, 6.45) is 9.76. The summed E-state index contributed by atoms with van der Waals surface area (Å²) in [5, 5.41) is 3.58. The molecular weight excluding hydrogens is 224 g/mol. The van der Waals surface area contributed by atoms with E-state index in [0.717, 1.165) is 11.6 Å². The number of nitrogens with two attached hydrogens (primary N) is 1. The molecule has 4 N–H and O–H groups in total. The number of hydrogen-bond acceptors (Lipinski definition) is 4. The molecule has 1 heterocycles. The largest absolute Gasteiger partial charge is 0.382 e. The van der Waals surface area contributed by atoms with Crippen LogP contribution >= 0.6 is 0 Å². The topological polar surface area (TPSA) is 63.0 Å². The minimum absolute atomic E-state index is 0.603. The van der Waals surface area contributed by atoms with Crippen LogP contribution in [-0.2, 0) is 0 Å². The van der Waals surface area contributed by atoms with Gasteiger partial charge in [-0.2, -0.15) is 0 Å². The van der Waals surface area contributed by atoms with Gasteiger partial charge in [-0.3, -0.25) is 0 Å². The number of rotatable bonds is 5. The van der Waals surface area contributed by atoms with Crippen LogP contribution in [0.3, 0.4) is 0 Å². The lowest BCUT2D eigenvalue weighted by atomic mass is 9.83. The Morgan fingerprint density at radius 2 is 2.11 bits per heavy atom. The number of nitrogens with one attached hydrogen (secondary N) is 2. The molecular formula is C14H24N4. The van der Waals surface area contributed by atoms with Gasteiger partial charge in [0.05, 0.1) is 0 Å². The summed E-state index contributed by atoms with van der Waals surface area (Å²) in [5.74, 6) is 7.02. The normalized spacial score (nSPS) is 23.7. The molecule has 1 aliphatic carbocycles. The Hall–Kier alpha value is -1.29. The van der Waals surface area contributed by atoms with Crippen LogP contribution in [0.15, 0.2) is 18.3 Å². The Balaban J connectivity index is 1.83. The first kappa shape index (κ1) is 13.1. The van der Waals surface area contributed by atoms with Crippen LogP contribution in [0.1, 0.15) is 45.4 Å². The fourth-order valence-electron chi connectivity index (χ4n) is 2.84. The van der Waals surface area contributed by atoms with Gasteiger partial charge in [0.1, 0.15) is 5.82 Å². The maximum absolute atomic E-state index is 5.36. The molecule has 1 fully saturated rings. The van der Waals surface area contributed by atoms with E-state index < -0.39 is 0 Å². The van der Waals surface area contributed by atoms with Gasteiger partial charge in [0.15, 0.2) is 0 Å². The Labute approximate surface area is 109 Å². The van der Waals surface area contributed by atoms with Gasteiger partial charge in [-0.25, -0.2) is 10.8 Å². The highest BCUT2D eigenvalue weighted by Gasteiger charge is 2.20. The number of pyridine rings is 1. The third-order valence-electron chi connectivity index (χ3n) is 3.82. The molecule has 1 aromatic heterocycles. The molecule has 0 amide bonds. The van der Waals surface area contributed by atoms with Crippen molar-refractivity contribution in [1.82, 2.24) is 4.98 Å². The number of anilines is 2. The Morgan fingerprint density at radius 3 is 2.78 bits per heavy atom. The summed E-state index contributed by atoms with van der Waals surface area (Å²) in [6.45, 7) is 2.28. The minimum Gasteiger partial charge on any atom is -0.382 e. The Bertz CT molecular complexity index is 359. The zero-order chi connectivity index (χ0) is 12.8. The standard InChI is InChI=1S/C14H24N4/c1-2-3-11-4-6-12(7-5-11)17-13-8-9-16-14(10-13)18-15/h8-12H,2-7,15H2,1H3,(H2,16,17,18). The van der Waals surface area contributed by atoms with Gasteiger partial charge >= 0.3 is 0 Å². The molecule has 4 heteroatoms. The van der Waals surface area contributed by atoms with Crippen LogP contribution in [0.5, 0.6) is 0 Å². The van der Waals surface area contributed by atoms with Crippen molar-refractivity contribution in [2.75, 3.05) is 10.7 Å². The number of aromatic nitrogens is 1. The first-order valence-corrected chi connectivity index (χ1v) is 7.01. The molecule has 1 saturated carbocycles. The minimum atomic E-state index is 0.603. The Kier molecular flexibility index (Phi) is 4.81. The van der Waals surface area contributed by atoms with Crippen LogP contribution in [0.4, 0.5) is 11.5 Å². The van der Waals surface area contributed by atoms with Crippen LogP contribution in [-0.4, -0.2) is 11.0 Å². The highest BCUT2D eigenvalue weighted by molar-refractivity contribution is 5.51. The van der Waals surface area contributed by atoms with E-state index >= 15 is 0 Å². The van der Waals surface area contributed by atoms with Gasteiger partial charge in [0.2, 0.25) is 0 Å². The summed E-state index contributed by atoms with van der Waals surface area (Å²) in [7, 11) is 0. The van der Waals surface area contributed by atoms with Crippen molar-refractivity contribution in [2.45, 2.75) is 51.5 Å². The number of nitrogen functional groups attached to an aromatic ring is 1. The van der Waals surface area contributed by atoms with E-state index in [1.165, 1.54) is 38.5 Å². The van der Waals surface area contributed by atoms with E-state index in [4.69, 9.17) is 5.84 Å². The van der Waals surface area contributed by atoms with Gasteiger partial charge in [-0.1, -0.05) is 19.8 Å². The highest BCUT2D eigenvalue weighted by Crippen LogP contribution is 2.29. The predicted octanol–water partition coefficient (Wildman–Crippen LogP) is 3.14. The van der Waals surface area contributed by atoms with E-state index in [0.29, 0.717) is 11.9 Å². The maximum Gasteiger partial charge on any atom is 0.141 e. The number of nitrogens with zero attached hydrogens (tertiary/aromatic N) is 1. The van der Waals surface area contributed by atoms with Crippen molar-refractivity contribution < 1.29 is 0 Å². The summed E-state index contributed by atoms with van der Waals surface area (Å²) in [6, 6.07) is 4.56. The molecule has 4 nitrogen and oxygen atoms in total.